The van der Waals surface area contributed by atoms with E-state index < -0.39 is 10.2 Å². The van der Waals surface area contributed by atoms with Gasteiger partial charge in [-0.2, -0.15) is 17.0 Å². The van der Waals surface area contributed by atoms with E-state index >= 15 is 0 Å². The minimum Gasteiger partial charge on any atom is -0.239 e. The molecule has 7 heteroatoms. The van der Waals surface area contributed by atoms with Crippen molar-refractivity contribution in [2.75, 3.05) is 19.6 Å². The quantitative estimate of drug-likeness (QED) is 0.865. The molecule has 1 aromatic carbocycles. The number of rotatable bonds is 3. The van der Waals surface area contributed by atoms with E-state index in [-0.39, 0.29) is 6.04 Å². The fourth-order valence-electron chi connectivity index (χ4n) is 3.36. The van der Waals surface area contributed by atoms with Gasteiger partial charge in [0.1, 0.15) is 5.01 Å². The minimum atomic E-state index is -3.34. The molecular weight excluding hydrogens is 318 g/mol. The Hall–Kier alpha value is -1.02. The molecular formula is C15H19N3O2S2. The van der Waals surface area contributed by atoms with Gasteiger partial charge in [0, 0.05) is 19.6 Å². The van der Waals surface area contributed by atoms with Gasteiger partial charge in [-0.3, -0.25) is 0 Å². The van der Waals surface area contributed by atoms with Crippen molar-refractivity contribution in [2.45, 2.75) is 31.7 Å². The first-order valence-electron chi connectivity index (χ1n) is 7.79. The van der Waals surface area contributed by atoms with Gasteiger partial charge in [-0.15, -0.1) is 11.3 Å². The van der Waals surface area contributed by atoms with Crippen LogP contribution in [0.25, 0.3) is 10.2 Å². The highest BCUT2D eigenvalue weighted by Gasteiger charge is 2.40. The molecule has 0 aliphatic carbocycles. The predicted octanol–water partition coefficient (Wildman–Crippen LogP) is 2.77. The number of para-hydroxylation sites is 1. The van der Waals surface area contributed by atoms with Crippen molar-refractivity contribution in [1.29, 1.82) is 0 Å². The Morgan fingerprint density at radius 2 is 1.86 bits per heavy atom. The molecule has 0 spiro atoms. The lowest BCUT2D eigenvalue weighted by molar-refractivity contribution is 0.348. The maximum Gasteiger partial charge on any atom is 0.282 e. The van der Waals surface area contributed by atoms with Crippen LogP contribution < -0.4 is 0 Å². The number of fused-ring (bicyclic) bond motifs is 1. The van der Waals surface area contributed by atoms with Gasteiger partial charge in [0.05, 0.1) is 16.3 Å². The molecule has 1 unspecified atom stereocenters. The number of benzene rings is 1. The van der Waals surface area contributed by atoms with Gasteiger partial charge in [0.2, 0.25) is 0 Å². The summed E-state index contributed by atoms with van der Waals surface area (Å²) in [6.07, 6.45) is 3.72. The van der Waals surface area contributed by atoms with Crippen LogP contribution in [0, 0.1) is 0 Å². The van der Waals surface area contributed by atoms with Crippen molar-refractivity contribution in [3.05, 3.63) is 29.3 Å². The Bertz CT molecular complexity index is 748. The topological polar surface area (TPSA) is 53.5 Å². The molecule has 2 aliphatic rings. The van der Waals surface area contributed by atoms with Crippen LogP contribution in [-0.4, -0.2) is 41.6 Å². The molecule has 0 amide bonds. The Labute approximate surface area is 134 Å². The normalized spacial score (nSPS) is 24.5. The predicted molar refractivity (Wildman–Crippen MR) is 88.0 cm³/mol. The first kappa shape index (κ1) is 14.6. The van der Waals surface area contributed by atoms with Crippen LogP contribution in [0.2, 0.25) is 0 Å². The fourth-order valence-corrected chi connectivity index (χ4v) is 6.45. The van der Waals surface area contributed by atoms with Gasteiger partial charge in [0.25, 0.3) is 10.2 Å². The molecule has 2 aliphatic heterocycles. The van der Waals surface area contributed by atoms with Crippen molar-refractivity contribution < 1.29 is 8.42 Å². The van der Waals surface area contributed by atoms with E-state index in [0.29, 0.717) is 19.6 Å². The lowest BCUT2D eigenvalue weighted by atomic mass is 10.2. The molecule has 1 atom stereocenters. The zero-order valence-electron chi connectivity index (χ0n) is 12.3. The van der Waals surface area contributed by atoms with Crippen molar-refractivity contribution >= 4 is 31.8 Å². The molecule has 0 saturated carbocycles. The van der Waals surface area contributed by atoms with Gasteiger partial charge >= 0.3 is 0 Å². The Morgan fingerprint density at radius 3 is 2.64 bits per heavy atom. The largest absolute Gasteiger partial charge is 0.282 e. The number of thiazole rings is 1. The van der Waals surface area contributed by atoms with E-state index in [4.69, 9.17) is 0 Å². The molecule has 0 bridgehead atoms. The second kappa shape index (κ2) is 5.56. The van der Waals surface area contributed by atoms with E-state index in [9.17, 15) is 8.42 Å². The van der Waals surface area contributed by atoms with Crippen LogP contribution >= 0.6 is 11.3 Å². The van der Waals surface area contributed by atoms with E-state index in [1.165, 1.54) is 0 Å². The maximum atomic E-state index is 12.9. The molecule has 0 radical (unpaired) electrons. The summed E-state index contributed by atoms with van der Waals surface area (Å²) in [5.74, 6) is 0. The first-order valence-corrected chi connectivity index (χ1v) is 10.00. The second-order valence-corrected chi connectivity index (χ2v) is 8.85. The number of hydrogen-bond acceptors (Lipinski definition) is 4. The standard InChI is InChI=1S/C15H19N3O2S2/c19-22(20,17-9-3-4-10-17)18-11-5-7-13(18)15-16-12-6-1-2-8-14(12)21-15/h1-2,6,8,13H,3-5,7,9-11H2. The van der Waals surface area contributed by atoms with Gasteiger partial charge < -0.3 is 0 Å². The van der Waals surface area contributed by atoms with Crippen molar-refractivity contribution in [2.24, 2.45) is 0 Å². The molecule has 22 heavy (non-hydrogen) atoms. The van der Waals surface area contributed by atoms with E-state index in [1.54, 1.807) is 19.9 Å². The van der Waals surface area contributed by atoms with Crippen molar-refractivity contribution in [1.82, 2.24) is 13.6 Å². The third kappa shape index (κ3) is 2.36. The Morgan fingerprint density at radius 1 is 1.09 bits per heavy atom. The Balaban J connectivity index is 1.68. The summed E-state index contributed by atoms with van der Waals surface area (Å²) in [4.78, 5) is 4.68. The second-order valence-electron chi connectivity index (χ2n) is 5.90. The highest BCUT2D eigenvalue weighted by Crippen LogP contribution is 2.39. The summed E-state index contributed by atoms with van der Waals surface area (Å²) < 4.78 is 30.2. The summed E-state index contributed by atoms with van der Waals surface area (Å²) >= 11 is 1.62. The van der Waals surface area contributed by atoms with E-state index in [1.807, 2.05) is 24.3 Å². The minimum absolute atomic E-state index is 0.0944. The highest BCUT2D eigenvalue weighted by atomic mass is 32.2. The zero-order chi connectivity index (χ0) is 15.2. The SMILES string of the molecule is O=S(=O)(N1CCCC1)N1CCCC1c1nc2ccccc2s1. The summed E-state index contributed by atoms with van der Waals surface area (Å²) in [6, 6.07) is 7.91. The number of hydrogen-bond donors (Lipinski definition) is 0. The average Bonchev–Trinajstić information content (AvgIpc) is 3.25. The molecule has 2 aromatic rings. The third-order valence-corrected chi connectivity index (χ3v) is 7.67. The fraction of sp³-hybridized carbons (Fsp3) is 0.533. The van der Waals surface area contributed by atoms with Crippen LogP contribution in [0.4, 0.5) is 0 Å². The summed E-state index contributed by atoms with van der Waals surface area (Å²) in [5.41, 5.74) is 0.966. The van der Waals surface area contributed by atoms with Crippen LogP contribution in [0.1, 0.15) is 36.7 Å². The Kier molecular flexibility index (Phi) is 3.68. The summed E-state index contributed by atoms with van der Waals surface area (Å²) in [6.45, 7) is 1.93. The molecule has 4 rings (SSSR count). The average molecular weight is 337 g/mol. The van der Waals surface area contributed by atoms with Crippen molar-refractivity contribution in [3.63, 3.8) is 0 Å². The van der Waals surface area contributed by atoms with Crippen molar-refractivity contribution in [3.8, 4) is 0 Å². The van der Waals surface area contributed by atoms with Crippen LogP contribution in [0.5, 0.6) is 0 Å². The zero-order valence-corrected chi connectivity index (χ0v) is 13.9. The van der Waals surface area contributed by atoms with Crippen LogP contribution in [0.15, 0.2) is 24.3 Å². The first-order chi connectivity index (χ1) is 10.7. The van der Waals surface area contributed by atoms with E-state index in [0.717, 1.165) is 40.9 Å². The van der Waals surface area contributed by atoms with Gasteiger partial charge in [-0.1, -0.05) is 12.1 Å². The molecule has 0 N–H and O–H groups in total. The lowest BCUT2D eigenvalue weighted by Crippen LogP contribution is -2.42. The van der Waals surface area contributed by atoms with E-state index in [2.05, 4.69) is 4.98 Å². The smallest absolute Gasteiger partial charge is 0.239 e. The van der Waals surface area contributed by atoms with Gasteiger partial charge in [0.15, 0.2) is 0 Å². The lowest BCUT2D eigenvalue weighted by Gasteiger charge is -2.27. The molecule has 2 saturated heterocycles. The third-order valence-electron chi connectivity index (χ3n) is 4.49. The highest BCUT2D eigenvalue weighted by molar-refractivity contribution is 7.86. The van der Waals surface area contributed by atoms with Crippen LogP contribution in [0.3, 0.4) is 0 Å². The number of aromatic nitrogens is 1. The molecule has 118 valence electrons. The monoisotopic (exact) mass is 337 g/mol. The summed E-state index contributed by atoms with van der Waals surface area (Å²) in [7, 11) is -3.34. The molecule has 5 nitrogen and oxygen atoms in total. The van der Waals surface area contributed by atoms with Gasteiger partial charge in [-0.05, 0) is 37.8 Å². The molecule has 2 fully saturated rings. The van der Waals surface area contributed by atoms with Crippen LogP contribution in [-0.2, 0) is 10.2 Å². The summed E-state index contributed by atoms with van der Waals surface area (Å²) in [5, 5.41) is 0.932. The number of nitrogens with zero attached hydrogens (tertiary/aromatic N) is 3. The molecule has 3 heterocycles. The molecule has 1 aromatic heterocycles. The van der Waals surface area contributed by atoms with Gasteiger partial charge in [-0.25, -0.2) is 4.98 Å². The maximum absolute atomic E-state index is 12.9.